The van der Waals surface area contributed by atoms with Crippen LogP contribution in [0, 0.1) is 24.0 Å². The molecule has 1 heterocycles. The Morgan fingerprint density at radius 3 is 2.34 bits per heavy atom. The molecule has 0 unspecified atom stereocenters. The molecule has 1 aliphatic rings. The Morgan fingerprint density at radius 1 is 1.03 bits per heavy atom. The van der Waals surface area contributed by atoms with Gasteiger partial charge >= 0.3 is 5.97 Å². The van der Waals surface area contributed by atoms with Crippen molar-refractivity contribution in [3.05, 3.63) is 63.7 Å². The van der Waals surface area contributed by atoms with Crippen molar-refractivity contribution >= 4 is 35.0 Å². The SMILES string of the molecule is Cc1ccc(SCCC(=O)OCC(=O)N2CCN(c3ccc([N+](=O)[O-])cc3)CC2)cc1C. The van der Waals surface area contributed by atoms with E-state index in [1.54, 1.807) is 28.8 Å². The monoisotopic (exact) mass is 457 g/mol. The van der Waals surface area contributed by atoms with Crippen LogP contribution >= 0.6 is 11.8 Å². The predicted molar refractivity (Wildman–Crippen MR) is 124 cm³/mol. The zero-order chi connectivity index (χ0) is 23.1. The standard InChI is InChI=1S/C23H27N3O5S/c1-17-3-8-21(15-18(17)2)32-14-9-23(28)31-16-22(27)25-12-10-24(11-13-25)19-4-6-20(7-5-19)26(29)30/h3-8,15H,9-14,16H2,1-2H3. The van der Waals surface area contributed by atoms with E-state index in [2.05, 4.69) is 30.9 Å². The van der Waals surface area contributed by atoms with Crippen LogP contribution in [0.15, 0.2) is 47.4 Å². The van der Waals surface area contributed by atoms with Gasteiger partial charge < -0.3 is 14.5 Å². The van der Waals surface area contributed by atoms with E-state index in [1.165, 1.54) is 23.3 Å². The van der Waals surface area contributed by atoms with Crippen LogP contribution in [-0.2, 0) is 14.3 Å². The van der Waals surface area contributed by atoms with Crippen molar-refractivity contribution in [1.29, 1.82) is 0 Å². The first-order chi connectivity index (χ1) is 15.3. The van der Waals surface area contributed by atoms with Crippen LogP contribution in [0.5, 0.6) is 0 Å². The molecule has 0 N–H and O–H groups in total. The lowest BCUT2D eigenvalue weighted by Gasteiger charge is -2.36. The van der Waals surface area contributed by atoms with Gasteiger partial charge in [0, 0.05) is 54.6 Å². The van der Waals surface area contributed by atoms with Gasteiger partial charge in [-0.05, 0) is 49.2 Å². The van der Waals surface area contributed by atoms with E-state index in [1.807, 2.05) is 6.07 Å². The first-order valence-corrected chi connectivity index (χ1v) is 11.4. The van der Waals surface area contributed by atoms with Crippen LogP contribution in [0.25, 0.3) is 0 Å². The fourth-order valence-corrected chi connectivity index (χ4v) is 4.29. The topological polar surface area (TPSA) is 93.0 Å². The number of aryl methyl sites for hydroxylation is 2. The molecule has 0 aromatic heterocycles. The van der Waals surface area contributed by atoms with Crippen LogP contribution in [0.2, 0.25) is 0 Å². The maximum atomic E-state index is 12.4. The Morgan fingerprint density at radius 2 is 1.72 bits per heavy atom. The minimum atomic E-state index is -0.427. The molecule has 0 radical (unpaired) electrons. The number of piperazine rings is 1. The van der Waals surface area contributed by atoms with Crippen LogP contribution in [0.3, 0.4) is 0 Å². The summed E-state index contributed by atoms with van der Waals surface area (Å²) >= 11 is 1.60. The number of esters is 1. The third-order valence-corrected chi connectivity index (χ3v) is 6.46. The van der Waals surface area contributed by atoms with Crippen molar-refractivity contribution in [3.63, 3.8) is 0 Å². The summed E-state index contributed by atoms with van der Waals surface area (Å²) in [5.41, 5.74) is 3.39. The molecular weight excluding hydrogens is 430 g/mol. The number of nitro benzene ring substituents is 1. The summed E-state index contributed by atoms with van der Waals surface area (Å²) in [7, 11) is 0. The minimum absolute atomic E-state index is 0.0526. The molecule has 0 saturated carbocycles. The highest BCUT2D eigenvalue weighted by Gasteiger charge is 2.22. The number of rotatable bonds is 8. The third kappa shape index (κ3) is 6.46. The second-order valence-electron chi connectivity index (χ2n) is 7.65. The molecule has 0 aliphatic carbocycles. The molecule has 0 atom stereocenters. The molecule has 2 aromatic rings. The molecule has 0 bridgehead atoms. The molecule has 1 aliphatic heterocycles. The molecule has 1 amide bonds. The summed E-state index contributed by atoms with van der Waals surface area (Å²) in [6.45, 7) is 6.13. The molecule has 0 spiro atoms. The van der Waals surface area contributed by atoms with Gasteiger partial charge in [-0.15, -0.1) is 11.8 Å². The highest BCUT2D eigenvalue weighted by molar-refractivity contribution is 7.99. The van der Waals surface area contributed by atoms with Crippen molar-refractivity contribution in [2.75, 3.05) is 43.4 Å². The number of hydrogen-bond acceptors (Lipinski definition) is 7. The Labute approximate surface area is 191 Å². The van der Waals surface area contributed by atoms with E-state index in [0.717, 1.165) is 10.6 Å². The van der Waals surface area contributed by atoms with Crippen LogP contribution in [-0.4, -0.2) is 60.2 Å². The molecule has 170 valence electrons. The van der Waals surface area contributed by atoms with Crippen LogP contribution < -0.4 is 4.90 Å². The average molecular weight is 458 g/mol. The summed E-state index contributed by atoms with van der Waals surface area (Å²) in [5, 5.41) is 10.8. The lowest BCUT2D eigenvalue weighted by Crippen LogP contribution is -2.49. The zero-order valence-corrected chi connectivity index (χ0v) is 19.1. The smallest absolute Gasteiger partial charge is 0.307 e. The number of non-ortho nitro benzene ring substituents is 1. The van der Waals surface area contributed by atoms with Gasteiger partial charge in [-0.2, -0.15) is 0 Å². The Kier molecular flexibility index (Phi) is 8.10. The number of thioether (sulfide) groups is 1. The molecule has 2 aromatic carbocycles. The fraction of sp³-hybridized carbons (Fsp3) is 0.391. The lowest BCUT2D eigenvalue weighted by atomic mass is 10.1. The van der Waals surface area contributed by atoms with E-state index in [4.69, 9.17) is 4.74 Å². The maximum absolute atomic E-state index is 12.4. The molecule has 1 saturated heterocycles. The molecule has 32 heavy (non-hydrogen) atoms. The van der Waals surface area contributed by atoms with Crippen LogP contribution in [0.4, 0.5) is 11.4 Å². The highest BCUT2D eigenvalue weighted by Crippen LogP contribution is 2.22. The van der Waals surface area contributed by atoms with Gasteiger partial charge in [-0.25, -0.2) is 0 Å². The number of anilines is 1. The number of carbonyl (C=O) groups excluding carboxylic acids is 2. The molecule has 8 nitrogen and oxygen atoms in total. The fourth-order valence-electron chi connectivity index (χ4n) is 3.36. The number of amides is 1. The second kappa shape index (κ2) is 11.0. The second-order valence-corrected chi connectivity index (χ2v) is 8.81. The van der Waals surface area contributed by atoms with Crippen LogP contribution in [0.1, 0.15) is 17.5 Å². The van der Waals surface area contributed by atoms with Gasteiger partial charge in [-0.3, -0.25) is 19.7 Å². The molecule has 1 fully saturated rings. The largest absolute Gasteiger partial charge is 0.456 e. The number of carbonyl (C=O) groups is 2. The molecule has 9 heteroatoms. The molecular formula is C23H27N3O5S. The van der Waals surface area contributed by atoms with Gasteiger partial charge in [0.1, 0.15) is 0 Å². The maximum Gasteiger partial charge on any atom is 0.307 e. The third-order valence-electron chi connectivity index (χ3n) is 5.47. The number of nitro groups is 1. The lowest BCUT2D eigenvalue weighted by molar-refractivity contribution is -0.384. The van der Waals surface area contributed by atoms with E-state index in [-0.39, 0.29) is 30.6 Å². The number of nitrogens with zero attached hydrogens (tertiary/aromatic N) is 3. The van der Waals surface area contributed by atoms with E-state index >= 15 is 0 Å². The van der Waals surface area contributed by atoms with Crippen molar-refractivity contribution in [3.8, 4) is 0 Å². The Hall–Kier alpha value is -3.07. The molecule has 3 rings (SSSR count). The Bertz CT molecular complexity index is 972. The highest BCUT2D eigenvalue weighted by atomic mass is 32.2. The summed E-state index contributed by atoms with van der Waals surface area (Å²) in [6, 6.07) is 12.6. The summed E-state index contributed by atoms with van der Waals surface area (Å²) in [6.07, 6.45) is 0.249. The van der Waals surface area contributed by atoms with Gasteiger partial charge in [-0.1, -0.05) is 6.07 Å². The summed E-state index contributed by atoms with van der Waals surface area (Å²) in [4.78, 5) is 39.6. The minimum Gasteiger partial charge on any atom is -0.456 e. The number of ether oxygens (including phenoxy) is 1. The van der Waals surface area contributed by atoms with Gasteiger partial charge in [0.15, 0.2) is 6.61 Å². The average Bonchev–Trinajstić information content (AvgIpc) is 2.80. The quantitative estimate of drug-likeness (QED) is 0.259. The Balaban J connectivity index is 1.35. The summed E-state index contributed by atoms with van der Waals surface area (Å²) < 4.78 is 5.16. The van der Waals surface area contributed by atoms with Crippen molar-refractivity contribution in [2.45, 2.75) is 25.2 Å². The van der Waals surface area contributed by atoms with Gasteiger partial charge in [0.2, 0.25) is 0 Å². The number of hydrogen-bond donors (Lipinski definition) is 0. The van der Waals surface area contributed by atoms with E-state index < -0.39 is 4.92 Å². The normalized spacial score (nSPS) is 13.7. The van der Waals surface area contributed by atoms with Crippen molar-refractivity contribution < 1.29 is 19.2 Å². The van der Waals surface area contributed by atoms with Crippen molar-refractivity contribution in [1.82, 2.24) is 4.90 Å². The van der Waals surface area contributed by atoms with Crippen molar-refractivity contribution in [2.24, 2.45) is 0 Å². The van der Waals surface area contributed by atoms with E-state index in [0.29, 0.717) is 31.9 Å². The van der Waals surface area contributed by atoms with Gasteiger partial charge in [0.25, 0.3) is 11.6 Å². The first kappa shape index (κ1) is 23.6. The first-order valence-electron chi connectivity index (χ1n) is 10.5. The van der Waals surface area contributed by atoms with Gasteiger partial charge in [0.05, 0.1) is 11.3 Å². The predicted octanol–water partition coefficient (Wildman–Crippen LogP) is 3.59. The summed E-state index contributed by atoms with van der Waals surface area (Å²) in [5.74, 6) is 0.0198. The number of benzene rings is 2. The van der Waals surface area contributed by atoms with E-state index in [9.17, 15) is 19.7 Å². The zero-order valence-electron chi connectivity index (χ0n) is 18.3.